The lowest BCUT2D eigenvalue weighted by Crippen LogP contribution is -2.27. The Morgan fingerprint density at radius 1 is 0.889 bits per heavy atom. The van der Waals surface area contributed by atoms with Crippen LogP contribution in [0.25, 0.3) is 0 Å². The molecule has 6 heteroatoms. The zero-order valence-corrected chi connectivity index (χ0v) is 10.8. The molecule has 2 saturated heterocycles. The topological polar surface area (TPSA) is 98.7 Å². The van der Waals surface area contributed by atoms with Gasteiger partial charge in [0.05, 0.1) is 11.8 Å². The lowest BCUT2D eigenvalue weighted by molar-refractivity contribution is -0.142. The smallest absolute Gasteiger partial charge is 0.308 e. The fraction of sp³-hybridized carbons (Fsp3) is 0.833. The Morgan fingerprint density at radius 2 is 1.22 bits per heavy atom. The zero-order valence-electron chi connectivity index (χ0n) is 10.8. The molecule has 0 radical (unpaired) electrons. The average Bonchev–Trinajstić information content (AvgIpc) is 2.87. The number of hydrogen-bond donors (Lipinski definition) is 4. The highest BCUT2D eigenvalue weighted by molar-refractivity contribution is 5.71. The van der Waals surface area contributed by atoms with Crippen molar-refractivity contribution in [3.05, 3.63) is 0 Å². The van der Waals surface area contributed by atoms with E-state index >= 15 is 0 Å². The highest BCUT2D eigenvalue weighted by atomic mass is 16.4. The summed E-state index contributed by atoms with van der Waals surface area (Å²) in [6.07, 6.45) is 1.55. The first-order chi connectivity index (χ1) is 8.43. The molecule has 2 heterocycles. The molecule has 0 saturated carbocycles. The first kappa shape index (κ1) is 14.9. The molecule has 2 fully saturated rings. The van der Waals surface area contributed by atoms with E-state index < -0.39 is 11.9 Å². The molecule has 104 valence electrons. The van der Waals surface area contributed by atoms with Gasteiger partial charge in [-0.1, -0.05) is 0 Å². The number of rotatable bonds is 2. The van der Waals surface area contributed by atoms with Crippen LogP contribution in [0, 0.1) is 11.8 Å². The van der Waals surface area contributed by atoms with E-state index in [9.17, 15) is 9.59 Å². The molecule has 2 aliphatic heterocycles. The van der Waals surface area contributed by atoms with Gasteiger partial charge in [0.15, 0.2) is 0 Å². The molecule has 0 aromatic rings. The minimum atomic E-state index is -0.674. The predicted molar refractivity (Wildman–Crippen MR) is 66.4 cm³/mol. The Hall–Kier alpha value is -1.14. The number of nitrogens with one attached hydrogen (secondary N) is 2. The largest absolute Gasteiger partial charge is 0.481 e. The molecule has 0 unspecified atom stereocenters. The number of carbonyl (C=O) groups is 2. The van der Waals surface area contributed by atoms with Gasteiger partial charge in [0.1, 0.15) is 0 Å². The number of carboxylic acids is 2. The highest BCUT2D eigenvalue weighted by Gasteiger charge is 2.29. The van der Waals surface area contributed by atoms with Crippen molar-refractivity contribution in [1.29, 1.82) is 0 Å². The monoisotopic (exact) mass is 258 g/mol. The molecule has 2 rings (SSSR count). The molecule has 0 aromatic carbocycles. The summed E-state index contributed by atoms with van der Waals surface area (Å²) in [5.74, 6) is -1.67. The summed E-state index contributed by atoms with van der Waals surface area (Å²) in [6.45, 7) is 5.51. The van der Waals surface area contributed by atoms with Gasteiger partial charge in [-0.3, -0.25) is 9.59 Å². The molecule has 0 aliphatic carbocycles. The van der Waals surface area contributed by atoms with Gasteiger partial charge in [-0.05, 0) is 39.8 Å². The molecule has 0 bridgehead atoms. The minimum Gasteiger partial charge on any atom is -0.481 e. The third kappa shape index (κ3) is 3.96. The van der Waals surface area contributed by atoms with Gasteiger partial charge in [-0.25, -0.2) is 0 Å². The standard InChI is InChI=1S/2C6H11NO2/c2*1-4-5(6(8)9)2-3-7-4/h2*4-5,7H,2-3H2,1H3,(H,8,9)/t2*4-,5-/m10/s1. The Morgan fingerprint density at radius 3 is 1.33 bits per heavy atom. The quantitative estimate of drug-likeness (QED) is 0.562. The van der Waals surface area contributed by atoms with E-state index in [1.807, 2.05) is 13.8 Å². The predicted octanol–water partition coefficient (Wildman–Crippen LogP) is 0.138. The summed E-state index contributed by atoms with van der Waals surface area (Å²) >= 11 is 0. The van der Waals surface area contributed by atoms with Crippen molar-refractivity contribution >= 4 is 11.9 Å². The van der Waals surface area contributed by atoms with Crippen molar-refractivity contribution < 1.29 is 19.8 Å². The number of aliphatic carboxylic acids is 2. The fourth-order valence-electron chi connectivity index (χ4n) is 2.39. The maximum absolute atomic E-state index is 10.4. The van der Waals surface area contributed by atoms with Gasteiger partial charge in [-0.15, -0.1) is 0 Å². The average molecular weight is 258 g/mol. The lowest BCUT2D eigenvalue weighted by Gasteiger charge is -2.07. The van der Waals surface area contributed by atoms with Crippen LogP contribution in [0.3, 0.4) is 0 Å². The Kier molecular flexibility index (Phi) is 5.55. The van der Waals surface area contributed by atoms with Crippen LogP contribution < -0.4 is 10.6 Å². The minimum absolute atomic E-state index is 0.155. The van der Waals surface area contributed by atoms with Gasteiger partial charge in [0.25, 0.3) is 0 Å². The number of hydrogen-bond acceptors (Lipinski definition) is 4. The molecule has 0 amide bonds. The molecule has 0 aromatic heterocycles. The van der Waals surface area contributed by atoms with Crippen LogP contribution in [-0.4, -0.2) is 47.3 Å². The summed E-state index contributed by atoms with van der Waals surface area (Å²) in [5, 5.41) is 23.2. The van der Waals surface area contributed by atoms with Crippen molar-refractivity contribution in [1.82, 2.24) is 10.6 Å². The lowest BCUT2D eigenvalue weighted by atomic mass is 10.0. The van der Waals surface area contributed by atoms with E-state index in [2.05, 4.69) is 10.6 Å². The van der Waals surface area contributed by atoms with Crippen molar-refractivity contribution in [3.63, 3.8) is 0 Å². The van der Waals surface area contributed by atoms with Gasteiger partial charge < -0.3 is 20.8 Å². The van der Waals surface area contributed by atoms with Crippen LogP contribution in [0.2, 0.25) is 0 Å². The molecule has 4 N–H and O–H groups in total. The first-order valence-corrected chi connectivity index (χ1v) is 6.36. The molecular formula is C12H22N2O4. The van der Waals surface area contributed by atoms with Crippen molar-refractivity contribution in [2.75, 3.05) is 13.1 Å². The van der Waals surface area contributed by atoms with Crippen LogP contribution in [0.5, 0.6) is 0 Å². The summed E-state index contributed by atoms with van der Waals surface area (Å²) in [6, 6.07) is 0.310. The Labute approximate surface area is 107 Å². The molecule has 2 aliphatic rings. The van der Waals surface area contributed by atoms with Crippen molar-refractivity contribution in [2.24, 2.45) is 11.8 Å². The molecule has 0 spiro atoms. The highest BCUT2D eigenvalue weighted by Crippen LogP contribution is 2.14. The molecule has 18 heavy (non-hydrogen) atoms. The third-order valence-corrected chi connectivity index (χ3v) is 3.68. The summed E-state index contributed by atoms with van der Waals surface area (Å²) < 4.78 is 0. The summed E-state index contributed by atoms with van der Waals surface area (Å²) in [7, 11) is 0. The summed E-state index contributed by atoms with van der Waals surface area (Å²) in [5.41, 5.74) is 0. The van der Waals surface area contributed by atoms with Crippen molar-refractivity contribution in [2.45, 2.75) is 38.8 Å². The zero-order chi connectivity index (χ0) is 13.7. The fourth-order valence-corrected chi connectivity index (χ4v) is 2.39. The Balaban J connectivity index is 0.000000180. The van der Waals surface area contributed by atoms with Crippen molar-refractivity contribution in [3.8, 4) is 0 Å². The van der Waals surface area contributed by atoms with E-state index in [0.29, 0.717) is 0 Å². The maximum Gasteiger partial charge on any atom is 0.308 e. The second-order valence-electron chi connectivity index (χ2n) is 4.95. The Bertz CT molecular complexity index is 278. The molecule has 6 nitrogen and oxygen atoms in total. The van der Waals surface area contributed by atoms with Crippen LogP contribution in [0.1, 0.15) is 26.7 Å². The SMILES string of the molecule is C[C@@H]1NCC[C@@H]1C(=O)O.C[C@H]1NCC[C@H]1C(=O)O. The van der Waals surface area contributed by atoms with E-state index in [1.54, 1.807) is 0 Å². The second kappa shape index (κ2) is 6.70. The van der Waals surface area contributed by atoms with Gasteiger partial charge in [0, 0.05) is 12.1 Å². The second-order valence-corrected chi connectivity index (χ2v) is 4.95. The van der Waals surface area contributed by atoms with Gasteiger partial charge >= 0.3 is 11.9 Å². The first-order valence-electron chi connectivity index (χ1n) is 6.36. The molecular weight excluding hydrogens is 236 g/mol. The van der Waals surface area contributed by atoms with E-state index in [4.69, 9.17) is 10.2 Å². The van der Waals surface area contributed by atoms with Gasteiger partial charge in [0.2, 0.25) is 0 Å². The maximum atomic E-state index is 10.4. The van der Waals surface area contributed by atoms with E-state index in [0.717, 1.165) is 25.9 Å². The van der Waals surface area contributed by atoms with Crippen LogP contribution >= 0.6 is 0 Å². The van der Waals surface area contributed by atoms with Crippen LogP contribution in [0.4, 0.5) is 0 Å². The van der Waals surface area contributed by atoms with E-state index in [1.165, 1.54) is 0 Å². The van der Waals surface area contributed by atoms with Crippen LogP contribution in [-0.2, 0) is 9.59 Å². The van der Waals surface area contributed by atoms with E-state index in [-0.39, 0.29) is 23.9 Å². The summed E-state index contributed by atoms with van der Waals surface area (Å²) in [4.78, 5) is 20.7. The normalized spacial score (nSPS) is 34.8. The van der Waals surface area contributed by atoms with Crippen LogP contribution in [0.15, 0.2) is 0 Å². The molecule has 4 atom stereocenters. The third-order valence-electron chi connectivity index (χ3n) is 3.68. The number of carboxylic acid groups (broad SMARTS) is 2. The van der Waals surface area contributed by atoms with Gasteiger partial charge in [-0.2, -0.15) is 0 Å².